The summed E-state index contributed by atoms with van der Waals surface area (Å²) in [5.41, 5.74) is 0.327. The lowest BCUT2D eigenvalue weighted by Crippen LogP contribution is -2.41. The van der Waals surface area contributed by atoms with Crippen LogP contribution in [0, 0.1) is 5.41 Å². The van der Waals surface area contributed by atoms with Crippen molar-refractivity contribution < 1.29 is 4.74 Å². The van der Waals surface area contributed by atoms with Crippen LogP contribution in [0.5, 0.6) is 0 Å². The number of methoxy groups -OCH3 is 1. The van der Waals surface area contributed by atoms with Gasteiger partial charge in [-0.15, -0.1) is 0 Å². The third-order valence-corrected chi connectivity index (χ3v) is 2.30. The van der Waals surface area contributed by atoms with Gasteiger partial charge < -0.3 is 10.1 Å². The van der Waals surface area contributed by atoms with Crippen LogP contribution in [0.25, 0.3) is 0 Å². The fraction of sp³-hybridized carbons (Fsp3) is 1.00. The summed E-state index contributed by atoms with van der Waals surface area (Å²) in [4.78, 5) is 0. The Labute approximate surface area is 83.1 Å². The highest BCUT2D eigenvalue weighted by molar-refractivity contribution is 4.79. The van der Waals surface area contributed by atoms with E-state index in [1.165, 1.54) is 6.42 Å². The Morgan fingerprint density at radius 1 is 1.31 bits per heavy atom. The summed E-state index contributed by atoms with van der Waals surface area (Å²) in [6, 6.07) is 0.562. The van der Waals surface area contributed by atoms with E-state index < -0.39 is 0 Å². The molecule has 2 heteroatoms. The molecule has 1 unspecified atom stereocenters. The second-order valence-corrected chi connectivity index (χ2v) is 4.65. The van der Waals surface area contributed by atoms with Crippen molar-refractivity contribution in [1.29, 1.82) is 0 Å². The quantitative estimate of drug-likeness (QED) is 0.689. The monoisotopic (exact) mass is 187 g/mol. The summed E-state index contributed by atoms with van der Waals surface area (Å²) in [6.45, 7) is 11.0. The Morgan fingerprint density at radius 2 is 1.92 bits per heavy atom. The zero-order valence-corrected chi connectivity index (χ0v) is 9.81. The van der Waals surface area contributed by atoms with Crippen LogP contribution in [0.1, 0.15) is 40.5 Å². The van der Waals surface area contributed by atoms with Crippen molar-refractivity contribution >= 4 is 0 Å². The fourth-order valence-electron chi connectivity index (χ4n) is 1.40. The van der Waals surface area contributed by atoms with E-state index in [0.29, 0.717) is 11.5 Å². The van der Waals surface area contributed by atoms with Crippen molar-refractivity contribution in [1.82, 2.24) is 5.32 Å². The van der Waals surface area contributed by atoms with Gasteiger partial charge in [0.1, 0.15) is 0 Å². The molecule has 0 aromatic carbocycles. The van der Waals surface area contributed by atoms with Crippen molar-refractivity contribution in [3.8, 4) is 0 Å². The Morgan fingerprint density at radius 3 is 2.31 bits per heavy atom. The molecule has 1 atom stereocenters. The van der Waals surface area contributed by atoms with Gasteiger partial charge in [0.2, 0.25) is 0 Å². The average molecular weight is 187 g/mol. The van der Waals surface area contributed by atoms with Gasteiger partial charge in [0.25, 0.3) is 0 Å². The molecule has 0 aliphatic rings. The second kappa shape index (κ2) is 6.39. The molecular formula is C11H25NO. The van der Waals surface area contributed by atoms with Crippen molar-refractivity contribution in [2.45, 2.75) is 46.6 Å². The van der Waals surface area contributed by atoms with Crippen molar-refractivity contribution in [3.05, 3.63) is 0 Å². The van der Waals surface area contributed by atoms with Crippen LogP contribution in [-0.4, -0.2) is 26.3 Å². The molecule has 1 N–H and O–H groups in total. The highest BCUT2D eigenvalue weighted by atomic mass is 16.5. The topological polar surface area (TPSA) is 21.3 Å². The van der Waals surface area contributed by atoms with E-state index in [-0.39, 0.29) is 0 Å². The van der Waals surface area contributed by atoms with Crippen LogP contribution >= 0.6 is 0 Å². The Hall–Kier alpha value is -0.0800. The van der Waals surface area contributed by atoms with Gasteiger partial charge in [-0.05, 0) is 24.8 Å². The molecule has 13 heavy (non-hydrogen) atoms. The highest BCUT2D eigenvalue weighted by Gasteiger charge is 2.22. The lowest BCUT2D eigenvalue weighted by Gasteiger charge is -2.31. The lowest BCUT2D eigenvalue weighted by molar-refractivity contribution is 0.152. The van der Waals surface area contributed by atoms with E-state index in [2.05, 4.69) is 33.0 Å². The van der Waals surface area contributed by atoms with Crippen molar-refractivity contribution in [2.24, 2.45) is 5.41 Å². The lowest BCUT2D eigenvalue weighted by atomic mass is 9.85. The molecule has 0 aromatic rings. The number of ether oxygens (including phenoxy) is 1. The van der Waals surface area contributed by atoms with Gasteiger partial charge in [0.15, 0.2) is 0 Å². The van der Waals surface area contributed by atoms with Crippen molar-refractivity contribution in [2.75, 3.05) is 20.3 Å². The minimum atomic E-state index is 0.327. The van der Waals surface area contributed by atoms with Crippen LogP contribution in [0.15, 0.2) is 0 Å². The third-order valence-electron chi connectivity index (χ3n) is 2.30. The summed E-state index contributed by atoms with van der Waals surface area (Å²) in [5, 5.41) is 3.56. The molecule has 0 amide bonds. The summed E-state index contributed by atoms with van der Waals surface area (Å²) >= 11 is 0. The minimum absolute atomic E-state index is 0.327. The molecule has 0 radical (unpaired) electrons. The molecule has 0 bridgehead atoms. The number of rotatable bonds is 6. The van der Waals surface area contributed by atoms with Gasteiger partial charge in [-0.1, -0.05) is 27.7 Å². The molecule has 80 valence electrons. The molecule has 0 rings (SSSR count). The molecule has 0 fully saturated rings. The fourth-order valence-corrected chi connectivity index (χ4v) is 1.40. The molecule has 0 aromatic heterocycles. The Balaban J connectivity index is 3.88. The van der Waals surface area contributed by atoms with E-state index in [1.807, 2.05) is 0 Å². The SMILES string of the molecule is CCCNC(CCOC)C(C)(C)C. The molecule has 0 saturated heterocycles. The second-order valence-electron chi connectivity index (χ2n) is 4.65. The molecular weight excluding hydrogens is 162 g/mol. The van der Waals surface area contributed by atoms with E-state index in [1.54, 1.807) is 7.11 Å². The summed E-state index contributed by atoms with van der Waals surface area (Å²) in [7, 11) is 1.76. The first-order valence-electron chi connectivity index (χ1n) is 5.24. The molecule has 0 saturated carbocycles. The maximum absolute atomic E-state index is 5.11. The first-order valence-corrected chi connectivity index (χ1v) is 5.24. The average Bonchev–Trinajstić information content (AvgIpc) is 2.02. The highest BCUT2D eigenvalue weighted by Crippen LogP contribution is 2.21. The first kappa shape index (κ1) is 12.9. The minimum Gasteiger partial charge on any atom is -0.385 e. The smallest absolute Gasteiger partial charge is 0.0477 e. The van der Waals surface area contributed by atoms with Gasteiger partial charge in [0.05, 0.1) is 0 Å². The van der Waals surface area contributed by atoms with Gasteiger partial charge in [-0.3, -0.25) is 0 Å². The summed E-state index contributed by atoms with van der Waals surface area (Å²) in [5.74, 6) is 0. The number of nitrogens with one attached hydrogen (secondary N) is 1. The molecule has 0 aliphatic carbocycles. The maximum Gasteiger partial charge on any atom is 0.0477 e. The summed E-state index contributed by atoms with van der Waals surface area (Å²) < 4.78 is 5.11. The molecule has 0 aliphatic heterocycles. The predicted molar refractivity (Wildman–Crippen MR) is 58.0 cm³/mol. The van der Waals surface area contributed by atoms with E-state index in [0.717, 1.165) is 19.6 Å². The van der Waals surface area contributed by atoms with Crippen LogP contribution < -0.4 is 5.32 Å². The largest absolute Gasteiger partial charge is 0.385 e. The van der Waals surface area contributed by atoms with Gasteiger partial charge in [-0.25, -0.2) is 0 Å². The van der Waals surface area contributed by atoms with Crippen LogP contribution in [0.4, 0.5) is 0 Å². The Bertz CT molecular complexity index is 110. The maximum atomic E-state index is 5.11. The first-order chi connectivity index (χ1) is 6.02. The zero-order valence-electron chi connectivity index (χ0n) is 9.81. The van der Waals surface area contributed by atoms with Crippen molar-refractivity contribution in [3.63, 3.8) is 0 Å². The van der Waals surface area contributed by atoms with E-state index in [9.17, 15) is 0 Å². The molecule has 2 nitrogen and oxygen atoms in total. The van der Waals surface area contributed by atoms with E-state index in [4.69, 9.17) is 4.74 Å². The normalized spacial score (nSPS) is 14.5. The van der Waals surface area contributed by atoms with E-state index >= 15 is 0 Å². The van der Waals surface area contributed by atoms with Gasteiger partial charge >= 0.3 is 0 Å². The standard InChI is InChI=1S/C11H25NO/c1-6-8-12-10(7-9-13-5)11(2,3)4/h10,12H,6-9H2,1-5H3. The molecule has 0 heterocycles. The number of hydrogen-bond acceptors (Lipinski definition) is 2. The summed E-state index contributed by atoms with van der Waals surface area (Å²) in [6.07, 6.45) is 2.29. The van der Waals surface area contributed by atoms with Gasteiger partial charge in [-0.2, -0.15) is 0 Å². The third kappa shape index (κ3) is 6.05. The predicted octanol–water partition coefficient (Wildman–Crippen LogP) is 2.44. The van der Waals surface area contributed by atoms with Crippen LogP contribution in [-0.2, 0) is 4.74 Å². The molecule has 0 spiro atoms. The van der Waals surface area contributed by atoms with Crippen LogP contribution in [0.3, 0.4) is 0 Å². The number of hydrogen-bond donors (Lipinski definition) is 1. The zero-order chi connectivity index (χ0) is 10.3. The Kier molecular flexibility index (Phi) is 6.35. The van der Waals surface area contributed by atoms with Gasteiger partial charge in [0, 0.05) is 19.8 Å². The van der Waals surface area contributed by atoms with Crippen LogP contribution in [0.2, 0.25) is 0 Å².